The predicted molar refractivity (Wildman–Crippen MR) is 108 cm³/mol. The van der Waals surface area contributed by atoms with Crippen LogP contribution in [0.25, 0.3) is 11.3 Å². The monoisotopic (exact) mass is 377 g/mol. The van der Waals surface area contributed by atoms with E-state index in [9.17, 15) is 5.11 Å². The second-order valence-electron chi connectivity index (χ2n) is 6.69. The highest BCUT2D eigenvalue weighted by Gasteiger charge is 2.11. The van der Waals surface area contributed by atoms with Crippen LogP contribution in [0.1, 0.15) is 11.4 Å². The van der Waals surface area contributed by atoms with E-state index in [4.69, 9.17) is 9.47 Å². The molecule has 28 heavy (non-hydrogen) atoms. The highest BCUT2D eigenvalue weighted by Crippen LogP contribution is 2.30. The van der Waals surface area contributed by atoms with Crippen molar-refractivity contribution in [1.82, 2.24) is 9.97 Å². The molecule has 0 atom stereocenters. The van der Waals surface area contributed by atoms with E-state index >= 15 is 0 Å². The van der Waals surface area contributed by atoms with Gasteiger partial charge in [0, 0.05) is 37.0 Å². The van der Waals surface area contributed by atoms with Gasteiger partial charge in [-0.25, -0.2) is 9.97 Å². The van der Waals surface area contributed by atoms with Gasteiger partial charge in [-0.2, -0.15) is 0 Å². The Labute approximate surface area is 164 Å². The lowest BCUT2D eigenvalue weighted by Gasteiger charge is -2.28. The van der Waals surface area contributed by atoms with Crippen LogP contribution >= 0.6 is 0 Å². The largest absolute Gasteiger partial charge is 0.504 e. The molecule has 0 bridgehead atoms. The molecular weight excluding hydrogens is 354 g/mol. The van der Waals surface area contributed by atoms with Crippen molar-refractivity contribution in [2.24, 2.45) is 0 Å². The molecule has 0 amide bonds. The van der Waals surface area contributed by atoms with E-state index in [1.165, 1.54) is 12.8 Å². The van der Waals surface area contributed by atoms with Gasteiger partial charge in [0.2, 0.25) is 0 Å². The Morgan fingerprint density at radius 1 is 1.07 bits per heavy atom. The molecule has 3 aromatic rings. The highest BCUT2D eigenvalue weighted by molar-refractivity contribution is 5.63. The quantitative estimate of drug-likeness (QED) is 0.736. The van der Waals surface area contributed by atoms with Gasteiger partial charge in [0.25, 0.3) is 0 Å². The molecule has 0 saturated carbocycles. The van der Waals surface area contributed by atoms with E-state index in [1.54, 1.807) is 18.3 Å². The molecule has 6 nitrogen and oxygen atoms in total. The van der Waals surface area contributed by atoms with Crippen molar-refractivity contribution in [3.63, 3.8) is 0 Å². The van der Waals surface area contributed by atoms with E-state index in [0.29, 0.717) is 12.2 Å². The van der Waals surface area contributed by atoms with E-state index in [-0.39, 0.29) is 5.75 Å². The van der Waals surface area contributed by atoms with Crippen LogP contribution in [-0.2, 0) is 11.2 Å². The third-order valence-electron chi connectivity index (χ3n) is 4.86. The van der Waals surface area contributed by atoms with Gasteiger partial charge >= 0.3 is 0 Å². The van der Waals surface area contributed by atoms with Crippen LogP contribution in [0.2, 0.25) is 0 Å². The maximum atomic E-state index is 9.78. The third-order valence-corrected chi connectivity index (χ3v) is 4.86. The van der Waals surface area contributed by atoms with Gasteiger partial charge < -0.3 is 19.5 Å². The fourth-order valence-electron chi connectivity index (χ4n) is 3.31. The zero-order valence-electron chi connectivity index (χ0n) is 15.8. The first-order valence-electron chi connectivity index (χ1n) is 9.34. The smallest absolute Gasteiger partial charge is 0.161 e. The topological polar surface area (TPSA) is 67.7 Å². The van der Waals surface area contributed by atoms with Crippen molar-refractivity contribution in [2.75, 3.05) is 38.3 Å². The number of ether oxygens (including phenoxy) is 2. The zero-order chi connectivity index (χ0) is 19.3. The SMILES string of the molecule is COc1cc(-c2ccnc(Cc3ccc(N4CCOCC4)cc3)n2)ccc1O. The molecule has 0 aliphatic carbocycles. The van der Waals surface area contributed by atoms with Crippen LogP contribution in [0.5, 0.6) is 11.5 Å². The number of morpholine rings is 1. The number of aromatic nitrogens is 2. The maximum absolute atomic E-state index is 9.78. The molecule has 4 rings (SSSR count). The fourth-order valence-corrected chi connectivity index (χ4v) is 3.31. The molecule has 1 aliphatic heterocycles. The van der Waals surface area contributed by atoms with Gasteiger partial charge in [-0.15, -0.1) is 0 Å². The number of anilines is 1. The standard InChI is InChI=1S/C22H23N3O3/c1-27-21-15-17(4-7-20(21)26)19-8-9-23-22(24-19)14-16-2-5-18(6-3-16)25-10-12-28-13-11-25/h2-9,15,26H,10-14H2,1H3. The lowest BCUT2D eigenvalue weighted by atomic mass is 10.1. The van der Waals surface area contributed by atoms with Gasteiger partial charge in [0.05, 0.1) is 26.0 Å². The normalized spacial score (nSPS) is 14.1. The Bertz CT molecular complexity index is 938. The summed E-state index contributed by atoms with van der Waals surface area (Å²) < 4.78 is 10.6. The Hall–Kier alpha value is -3.12. The molecule has 1 fully saturated rings. The third kappa shape index (κ3) is 4.07. The Morgan fingerprint density at radius 3 is 2.61 bits per heavy atom. The summed E-state index contributed by atoms with van der Waals surface area (Å²) in [7, 11) is 1.53. The van der Waals surface area contributed by atoms with E-state index < -0.39 is 0 Å². The van der Waals surface area contributed by atoms with Gasteiger partial charge in [0.1, 0.15) is 5.82 Å². The second-order valence-corrected chi connectivity index (χ2v) is 6.69. The molecule has 144 valence electrons. The Kier molecular flexibility index (Phi) is 5.39. The predicted octanol–water partition coefficient (Wildman–Crippen LogP) is 3.29. The van der Waals surface area contributed by atoms with Crippen molar-refractivity contribution >= 4 is 5.69 Å². The minimum atomic E-state index is 0.112. The van der Waals surface area contributed by atoms with Crippen LogP contribution in [0, 0.1) is 0 Å². The van der Waals surface area contributed by atoms with Crippen LogP contribution in [0.3, 0.4) is 0 Å². The van der Waals surface area contributed by atoms with Gasteiger partial charge in [-0.3, -0.25) is 0 Å². The minimum Gasteiger partial charge on any atom is -0.504 e. The number of nitrogens with zero attached hydrogens (tertiary/aromatic N) is 3. The lowest BCUT2D eigenvalue weighted by molar-refractivity contribution is 0.122. The van der Waals surface area contributed by atoms with Crippen molar-refractivity contribution in [3.8, 4) is 22.8 Å². The summed E-state index contributed by atoms with van der Waals surface area (Å²) in [6.45, 7) is 3.43. The first-order chi connectivity index (χ1) is 13.7. The van der Waals surface area contributed by atoms with E-state index in [2.05, 4.69) is 39.1 Å². The molecule has 2 heterocycles. The van der Waals surface area contributed by atoms with Crippen molar-refractivity contribution in [3.05, 3.63) is 66.1 Å². The van der Waals surface area contributed by atoms with Crippen LogP contribution < -0.4 is 9.64 Å². The van der Waals surface area contributed by atoms with Gasteiger partial charge in [-0.05, 0) is 42.0 Å². The van der Waals surface area contributed by atoms with Crippen molar-refractivity contribution in [2.45, 2.75) is 6.42 Å². The first-order valence-corrected chi connectivity index (χ1v) is 9.34. The zero-order valence-corrected chi connectivity index (χ0v) is 15.8. The fraction of sp³-hybridized carbons (Fsp3) is 0.273. The molecule has 1 aromatic heterocycles. The summed E-state index contributed by atoms with van der Waals surface area (Å²) in [4.78, 5) is 11.4. The molecule has 1 N–H and O–H groups in total. The number of phenolic OH excluding ortho intramolecular Hbond substituents is 1. The minimum absolute atomic E-state index is 0.112. The highest BCUT2D eigenvalue weighted by atomic mass is 16.5. The van der Waals surface area contributed by atoms with Crippen molar-refractivity contribution in [1.29, 1.82) is 0 Å². The molecule has 0 spiro atoms. The van der Waals surface area contributed by atoms with Crippen LogP contribution in [0.15, 0.2) is 54.7 Å². The van der Waals surface area contributed by atoms with E-state index in [1.807, 2.05) is 12.1 Å². The number of hydrogen-bond acceptors (Lipinski definition) is 6. The van der Waals surface area contributed by atoms with E-state index in [0.717, 1.165) is 48.9 Å². The Balaban J connectivity index is 1.50. The molecule has 2 aromatic carbocycles. The number of benzene rings is 2. The first kappa shape index (κ1) is 18.3. The average Bonchev–Trinajstić information content (AvgIpc) is 2.75. The van der Waals surface area contributed by atoms with Gasteiger partial charge in [0.15, 0.2) is 11.5 Å². The van der Waals surface area contributed by atoms with Crippen LogP contribution in [0.4, 0.5) is 5.69 Å². The second kappa shape index (κ2) is 8.27. The van der Waals surface area contributed by atoms with Crippen LogP contribution in [-0.4, -0.2) is 48.5 Å². The summed E-state index contributed by atoms with van der Waals surface area (Å²) in [5.41, 5.74) is 4.06. The summed E-state index contributed by atoms with van der Waals surface area (Å²) in [6.07, 6.45) is 2.42. The summed E-state index contributed by atoms with van der Waals surface area (Å²) in [5, 5.41) is 9.78. The number of methoxy groups -OCH3 is 1. The maximum Gasteiger partial charge on any atom is 0.161 e. The number of aromatic hydroxyl groups is 1. The summed E-state index contributed by atoms with van der Waals surface area (Å²) in [5.74, 6) is 1.29. The van der Waals surface area contributed by atoms with Crippen molar-refractivity contribution < 1.29 is 14.6 Å². The average molecular weight is 377 g/mol. The number of hydrogen-bond donors (Lipinski definition) is 1. The number of phenols is 1. The Morgan fingerprint density at radius 2 is 1.86 bits per heavy atom. The summed E-state index contributed by atoms with van der Waals surface area (Å²) >= 11 is 0. The molecule has 0 unspecified atom stereocenters. The number of rotatable bonds is 5. The lowest BCUT2D eigenvalue weighted by Crippen LogP contribution is -2.36. The van der Waals surface area contributed by atoms with Gasteiger partial charge in [-0.1, -0.05) is 12.1 Å². The molecule has 0 radical (unpaired) electrons. The molecular formula is C22H23N3O3. The molecule has 6 heteroatoms. The molecule has 1 saturated heterocycles. The molecule has 1 aliphatic rings. The summed E-state index contributed by atoms with van der Waals surface area (Å²) in [6, 6.07) is 15.6.